The van der Waals surface area contributed by atoms with Crippen LogP contribution in [0.25, 0.3) is 10.2 Å². The molecule has 0 spiro atoms. The smallest absolute Gasteiger partial charge is 0.408 e. The number of ether oxygens (including phenoxy) is 1. The Bertz CT molecular complexity index is 969. The van der Waals surface area contributed by atoms with Gasteiger partial charge in [0.1, 0.15) is 12.6 Å². The summed E-state index contributed by atoms with van der Waals surface area (Å²) in [5.41, 5.74) is 2.46. The minimum absolute atomic E-state index is 0.0985. The van der Waals surface area contributed by atoms with Crippen LogP contribution in [0.15, 0.2) is 48.5 Å². The van der Waals surface area contributed by atoms with Crippen molar-refractivity contribution >= 4 is 39.2 Å². The average molecular weight is 398 g/mol. The number of aromatic nitrogens is 1. The van der Waals surface area contributed by atoms with Crippen LogP contribution in [0.1, 0.15) is 24.4 Å². The van der Waals surface area contributed by atoms with E-state index in [-0.39, 0.29) is 18.4 Å². The van der Waals surface area contributed by atoms with E-state index in [4.69, 9.17) is 4.74 Å². The Hall–Kier alpha value is -2.93. The Morgan fingerprint density at radius 1 is 1.14 bits per heavy atom. The second kappa shape index (κ2) is 8.84. The third kappa shape index (κ3) is 5.07. The van der Waals surface area contributed by atoms with Crippen LogP contribution >= 0.6 is 11.3 Å². The summed E-state index contributed by atoms with van der Waals surface area (Å²) in [7, 11) is 0. The van der Waals surface area contributed by atoms with Gasteiger partial charge in [0, 0.05) is 5.69 Å². The topological polar surface area (TPSA) is 80.3 Å². The number of hydrogen-bond acceptors (Lipinski definition) is 5. The molecule has 0 saturated heterocycles. The van der Waals surface area contributed by atoms with Crippen LogP contribution in [-0.4, -0.2) is 23.0 Å². The maximum absolute atomic E-state index is 12.7. The van der Waals surface area contributed by atoms with Crippen molar-refractivity contribution in [1.82, 2.24) is 10.3 Å². The molecule has 0 bridgehead atoms. The molecule has 0 fully saturated rings. The summed E-state index contributed by atoms with van der Waals surface area (Å²) in [6.07, 6.45) is -0.619. The van der Waals surface area contributed by atoms with Crippen LogP contribution in [0.4, 0.5) is 10.5 Å². The standard InChI is InChI=1S/C21H23N3O3S/c1-13(2)19(24-21(26)27-12-15-7-5-4-6-8-15)20(25)23-16-9-10-17-18(11-16)28-14(3)22-17/h4-11,13,19H,12H2,1-3H3,(H,23,25)(H,24,26)/t19-/m0/s1. The van der Waals surface area contributed by atoms with Crippen molar-refractivity contribution in [3.63, 3.8) is 0 Å². The molecule has 146 valence electrons. The van der Waals surface area contributed by atoms with Crippen LogP contribution in [0.5, 0.6) is 0 Å². The third-order valence-corrected chi connectivity index (χ3v) is 5.13. The van der Waals surface area contributed by atoms with Gasteiger partial charge in [0.05, 0.1) is 15.2 Å². The molecular formula is C21H23N3O3S. The van der Waals surface area contributed by atoms with Gasteiger partial charge in [0.2, 0.25) is 5.91 Å². The third-order valence-electron chi connectivity index (χ3n) is 4.20. The second-order valence-electron chi connectivity index (χ2n) is 6.83. The molecule has 1 aromatic heterocycles. The number of nitrogens with one attached hydrogen (secondary N) is 2. The Balaban J connectivity index is 1.61. The minimum Gasteiger partial charge on any atom is -0.445 e. The van der Waals surface area contributed by atoms with Crippen molar-refractivity contribution in [3.8, 4) is 0 Å². The Labute approximate surface area is 167 Å². The van der Waals surface area contributed by atoms with Crippen LogP contribution < -0.4 is 10.6 Å². The monoisotopic (exact) mass is 397 g/mol. The molecule has 6 nitrogen and oxygen atoms in total. The Morgan fingerprint density at radius 3 is 2.61 bits per heavy atom. The van der Waals surface area contributed by atoms with Gasteiger partial charge in [0.15, 0.2) is 0 Å². The molecule has 1 heterocycles. The van der Waals surface area contributed by atoms with Crippen LogP contribution in [0, 0.1) is 12.8 Å². The van der Waals surface area contributed by atoms with Gasteiger partial charge in [-0.15, -0.1) is 11.3 Å². The van der Waals surface area contributed by atoms with Gasteiger partial charge in [-0.2, -0.15) is 0 Å². The fourth-order valence-electron chi connectivity index (χ4n) is 2.76. The zero-order chi connectivity index (χ0) is 20.1. The van der Waals surface area contributed by atoms with E-state index in [9.17, 15) is 9.59 Å². The van der Waals surface area contributed by atoms with E-state index in [0.29, 0.717) is 5.69 Å². The van der Waals surface area contributed by atoms with Crippen molar-refractivity contribution in [1.29, 1.82) is 0 Å². The van der Waals surface area contributed by atoms with Crippen molar-refractivity contribution in [2.24, 2.45) is 5.92 Å². The highest BCUT2D eigenvalue weighted by Gasteiger charge is 2.25. The molecule has 0 aliphatic heterocycles. The molecule has 2 aromatic carbocycles. The maximum atomic E-state index is 12.7. The summed E-state index contributed by atoms with van der Waals surface area (Å²) >= 11 is 1.57. The van der Waals surface area contributed by atoms with Crippen molar-refractivity contribution in [2.45, 2.75) is 33.4 Å². The number of alkyl carbamates (subject to hydrolysis) is 1. The summed E-state index contributed by atoms with van der Waals surface area (Å²) in [5, 5.41) is 6.51. The lowest BCUT2D eigenvalue weighted by Gasteiger charge is -2.21. The number of carbonyl (C=O) groups excluding carboxylic acids is 2. The molecular weight excluding hydrogens is 374 g/mol. The SMILES string of the molecule is Cc1nc2ccc(NC(=O)[C@@H](NC(=O)OCc3ccccc3)C(C)C)cc2s1. The molecule has 0 unspecified atom stereocenters. The lowest BCUT2D eigenvalue weighted by molar-refractivity contribution is -0.119. The molecule has 0 aliphatic carbocycles. The Morgan fingerprint density at radius 2 is 1.89 bits per heavy atom. The number of rotatable bonds is 6. The fourth-order valence-corrected chi connectivity index (χ4v) is 3.63. The highest BCUT2D eigenvalue weighted by molar-refractivity contribution is 7.18. The highest BCUT2D eigenvalue weighted by atomic mass is 32.1. The first-order valence-corrected chi connectivity index (χ1v) is 9.89. The summed E-state index contributed by atoms with van der Waals surface area (Å²) in [6.45, 7) is 5.85. The number of nitrogens with zero attached hydrogens (tertiary/aromatic N) is 1. The number of benzene rings is 2. The number of thiazole rings is 1. The first kappa shape index (κ1) is 19.8. The molecule has 0 aliphatic rings. The average Bonchev–Trinajstić information content (AvgIpc) is 3.04. The lowest BCUT2D eigenvalue weighted by Crippen LogP contribution is -2.47. The molecule has 3 rings (SSSR count). The Kier molecular flexibility index (Phi) is 6.26. The van der Waals surface area contributed by atoms with Gasteiger partial charge in [0.25, 0.3) is 0 Å². The number of hydrogen-bond donors (Lipinski definition) is 2. The molecule has 7 heteroatoms. The second-order valence-corrected chi connectivity index (χ2v) is 8.07. The molecule has 0 saturated carbocycles. The first-order valence-electron chi connectivity index (χ1n) is 9.07. The van der Waals surface area contributed by atoms with E-state index in [1.165, 1.54) is 0 Å². The summed E-state index contributed by atoms with van der Waals surface area (Å²) < 4.78 is 6.24. The normalized spacial score (nSPS) is 12.0. The largest absolute Gasteiger partial charge is 0.445 e. The van der Waals surface area contributed by atoms with Crippen molar-refractivity contribution < 1.29 is 14.3 Å². The number of fused-ring (bicyclic) bond motifs is 1. The van der Waals surface area contributed by atoms with E-state index >= 15 is 0 Å². The van der Waals surface area contributed by atoms with Gasteiger partial charge in [-0.3, -0.25) is 4.79 Å². The molecule has 2 N–H and O–H groups in total. The van der Waals surface area contributed by atoms with Crippen LogP contribution in [0.2, 0.25) is 0 Å². The van der Waals surface area contributed by atoms with Gasteiger partial charge in [-0.25, -0.2) is 9.78 Å². The summed E-state index contributed by atoms with van der Waals surface area (Å²) in [6, 6.07) is 14.3. The number of aryl methyl sites for hydroxylation is 1. The molecule has 2 amide bonds. The van der Waals surface area contributed by atoms with Gasteiger partial charge in [-0.1, -0.05) is 44.2 Å². The lowest BCUT2D eigenvalue weighted by atomic mass is 10.0. The number of amides is 2. The van der Waals surface area contributed by atoms with Gasteiger partial charge >= 0.3 is 6.09 Å². The summed E-state index contributed by atoms with van der Waals surface area (Å²) in [4.78, 5) is 29.3. The zero-order valence-electron chi connectivity index (χ0n) is 16.1. The molecule has 3 aromatic rings. The van der Waals surface area contributed by atoms with E-state index in [1.807, 2.05) is 69.3 Å². The van der Waals surface area contributed by atoms with Crippen molar-refractivity contribution in [2.75, 3.05) is 5.32 Å². The quantitative estimate of drug-likeness (QED) is 0.642. The molecule has 28 heavy (non-hydrogen) atoms. The first-order chi connectivity index (χ1) is 13.4. The highest BCUT2D eigenvalue weighted by Crippen LogP contribution is 2.25. The fraction of sp³-hybridized carbons (Fsp3) is 0.286. The van der Waals surface area contributed by atoms with Crippen LogP contribution in [-0.2, 0) is 16.1 Å². The van der Waals surface area contributed by atoms with Gasteiger partial charge < -0.3 is 15.4 Å². The number of anilines is 1. The minimum atomic E-state index is -0.706. The van der Waals surface area contributed by atoms with E-state index < -0.39 is 12.1 Å². The van der Waals surface area contributed by atoms with E-state index in [2.05, 4.69) is 15.6 Å². The zero-order valence-corrected chi connectivity index (χ0v) is 16.9. The van der Waals surface area contributed by atoms with Gasteiger partial charge in [-0.05, 0) is 36.6 Å². The predicted molar refractivity (Wildman–Crippen MR) is 111 cm³/mol. The van der Waals surface area contributed by atoms with E-state index in [1.54, 1.807) is 11.3 Å². The summed E-state index contributed by atoms with van der Waals surface area (Å²) in [5.74, 6) is -0.383. The number of carbonyl (C=O) groups is 2. The predicted octanol–water partition coefficient (Wildman–Crippen LogP) is 4.49. The molecule has 0 radical (unpaired) electrons. The van der Waals surface area contributed by atoms with Crippen molar-refractivity contribution in [3.05, 3.63) is 59.1 Å². The van der Waals surface area contributed by atoms with E-state index in [0.717, 1.165) is 20.8 Å². The maximum Gasteiger partial charge on any atom is 0.408 e. The van der Waals surface area contributed by atoms with Crippen LogP contribution in [0.3, 0.4) is 0 Å². The molecule has 1 atom stereocenters.